The molecule has 2 aromatic heterocycles. The molecule has 0 fully saturated rings. The molecule has 2 heterocycles. The van der Waals surface area contributed by atoms with Gasteiger partial charge in [0.15, 0.2) is 0 Å². The van der Waals surface area contributed by atoms with Crippen LogP contribution in [0.4, 0.5) is 0 Å². The first-order valence-corrected chi connectivity index (χ1v) is 7.17. The van der Waals surface area contributed by atoms with Gasteiger partial charge in [0.25, 0.3) is 0 Å². The largest absolute Gasteiger partial charge is 0.375 e. The van der Waals surface area contributed by atoms with Gasteiger partial charge in [0, 0.05) is 23.0 Å². The lowest BCUT2D eigenvalue weighted by Gasteiger charge is -2.04. The summed E-state index contributed by atoms with van der Waals surface area (Å²) < 4.78 is 7.36. The molecule has 0 amide bonds. The zero-order valence-electron chi connectivity index (χ0n) is 11.8. The minimum atomic E-state index is 0.547. The number of halogens is 1. The van der Waals surface area contributed by atoms with Crippen molar-refractivity contribution in [1.29, 1.82) is 0 Å². The highest BCUT2D eigenvalue weighted by atomic mass is 35.5. The van der Waals surface area contributed by atoms with Gasteiger partial charge in [-0.1, -0.05) is 28.9 Å². The Morgan fingerprint density at radius 3 is 2.64 bits per heavy atom. The normalized spacial score (nSPS) is 10.8. The molecule has 0 bridgehead atoms. The molecule has 0 N–H and O–H groups in total. The second-order valence-electron chi connectivity index (χ2n) is 4.67. The Morgan fingerprint density at radius 1 is 1.09 bits per heavy atom. The van der Waals surface area contributed by atoms with Crippen LogP contribution in [0.25, 0.3) is 11.3 Å². The van der Waals surface area contributed by atoms with E-state index in [0.29, 0.717) is 19.8 Å². The fourth-order valence-electron chi connectivity index (χ4n) is 1.90. The first-order chi connectivity index (χ1) is 10.8. The number of ether oxygens (including phenoxy) is 1. The van der Waals surface area contributed by atoms with Crippen LogP contribution in [0.1, 0.15) is 5.56 Å². The van der Waals surface area contributed by atoms with Crippen LogP contribution < -0.4 is 0 Å². The van der Waals surface area contributed by atoms with Crippen LogP contribution in [0.15, 0.2) is 49.2 Å². The second-order valence-corrected chi connectivity index (χ2v) is 5.11. The Labute approximate surface area is 132 Å². The van der Waals surface area contributed by atoms with Crippen LogP contribution in [0.3, 0.4) is 0 Å². The molecular weight excluding hydrogens is 302 g/mol. The summed E-state index contributed by atoms with van der Waals surface area (Å²) in [5.74, 6) is 0. The van der Waals surface area contributed by atoms with E-state index >= 15 is 0 Å². The summed E-state index contributed by atoms with van der Waals surface area (Å²) in [6.07, 6.45) is 6.75. The van der Waals surface area contributed by atoms with E-state index in [-0.39, 0.29) is 0 Å². The van der Waals surface area contributed by atoms with Crippen molar-refractivity contribution in [2.24, 2.45) is 0 Å². The fourth-order valence-corrected chi connectivity index (χ4v) is 2.03. The Hall–Kier alpha value is -2.31. The maximum atomic E-state index is 5.84. The van der Waals surface area contributed by atoms with Gasteiger partial charge >= 0.3 is 0 Å². The molecule has 0 unspecified atom stereocenters. The summed E-state index contributed by atoms with van der Waals surface area (Å²) in [4.78, 5) is 7.93. The summed E-state index contributed by atoms with van der Waals surface area (Å²) in [7, 11) is 0. The third-order valence-corrected chi connectivity index (χ3v) is 3.29. The number of hydrogen-bond acceptors (Lipinski definition) is 5. The molecule has 112 valence electrons. The molecule has 7 heteroatoms. The van der Waals surface area contributed by atoms with Gasteiger partial charge in [-0.05, 0) is 17.7 Å². The van der Waals surface area contributed by atoms with Crippen LogP contribution in [-0.2, 0) is 17.9 Å². The predicted octanol–water partition coefficient (Wildman–Crippen LogP) is 2.61. The zero-order valence-corrected chi connectivity index (χ0v) is 12.5. The van der Waals surface area contributed by atoms with Gasteiger partial charge in [0.2, 0.25) is 0 Å². The van der Waals surface area contributed by atoms with Crippen LogP contribution in [0.5, 0.6) is 0 Å². The maximum absolute atomic E-state index is 5.84. The summed E-state index contributed by atoms with van der Waals surface area (Å²) in [5, 5.41) is 8.88. The highest BCUT2D eigenvalue weighted by molar-refractivity contribution is 6.30. The minimum absolute atomic E-state index is 0.547. The molecule has 1 aromatic carbocycles. The molecule has 3 rings (SSSR count). The summed E-state index contributed by atoms with van der Waals surface area (Å²) in [6.45, 7) is 1.73. The zero-order chi connectivity index (χ0) is 15.2. The van der Waals surface area contributed by atoms with Crippen molar-refractivity contribution >= 4 is 11.6 Å². The third-order valence-electron chi connectivity index (χ3n) is 3.04. The van der Waals surface area contributed by atoms with Crippen molar-refractivity contribution < 1.29 is 4.74 Å². The fraction of sp³-hybridized carbons (Fsp3) is 0.200. The molecule has 0 saturated heterocycles. The standard InChI is InChI=1S/C15H14ClN5O/c16-14-3-1-12(2-4-14)10-22-6-5-21-9-15(19-20-21)13-7-17-11-18-8-13/h1-4,7-9,11H,5-6,10H2. The molecule has 0 aliphatic rings. The number of aromatic nitrogens is 5. The van der Waals surface area contributed by atoms with Crippen molar-refractivity contribution in [3.63, 3.8) is 0 Å². The third kappa shape index (κ3) is 3.87. The SMILES string of the molecule is Clc1ccc(COCCn2cc(-c3cncnc3)nn2)cc1. The van der Waals surface area contributed by atoms with E-state index in [0.717, 1.165) is 21.8 Å². The van der Waals surface area contributed by atoms with Crippen LogP contribution >= 0.6 is 11.6 Å². The minimum Gasteiger partial charge on any atom is -0.375 e. The number of hydrogen-bond donors (Lipinski definition) is 0. The summed E-state index contributed by atoms with van der Waals surface area (Å²) in [5.41, 5.74) is 2.68. The average molecular weight is 316 g/mol. The molecular formula is C15H14ClN5O. The van der Waals surface area contributed by atoms with E-state index < -0.39 is 0 Å². The summed E-state index contributed by atoms with van der Waals surface area (Å²) >= 11 is 5.84. The maximum Gasteiger partial charge on any atom is 0.116 e. The average Bonchev–Trinajstić information content (AvgIpc) is 3.03. The molecule has 22 heavy (non-hydrogen) atoms. The highest BCUT2D eigenvalue weighted by Gasteiger charge is 2.04. The van der Waals surface area contributed by atoms with Crippen LogP contribution in [0, 0.1) is 0 Å². The van der Waals surface area contributed by atoms with E-state index in [2.05, 4.69) is 20.3 Å². The predicted molar refractivity (Wildman–Crippen MR) is 82.2 cm³/mol. The number of rotatable bonds is 6. The van der Waals surface area contributed by atoms with E-state index in [9.17, 15) is 0 Å². The molecule has 0 aliphatic carbocycles. The lowest BCUT2D eigenvalue weighted by Crippen LogP contribution is -2.06. The highest BCUT2D eigenvalue weighted by Crippen LogP contribution is 2.12. The molecule has 0 radical (unpaired) electrons. The Balaban J connectivity index is 1.48. The lowest BCUT2D eigenvalue weighted by atomic mass is 10.2. The monoisotopic (exact) mass is 315 g/mol. The molecule has 0 atom stereocenters. The molecule has 0 spiro atoms. The van der Waals surface area contributed by atoms with Crippen molar-refractivity contribution in [1.82, 2.24) is 25.0 Å². The quantitative estimate of drug-likeness (QED) is 0.654. The van der Waals surface area contributed by atoms with E-state index in [1.807, 2.05) is 30.5 Å². The Kier molecular flexibility index (Phi) is 4.72. The summed E-state index contributed by atoms with van der Waals surface area (Å²) in [6, 6.07) is 7.61. The number of benzene rings is 1. The van der Waals surface area contributed by atoms with Crippen molar-refractivity contribution in [2.45, 2.75) is 13.2 Å². The second kappa shape index (κ2) is 7.11. The molecule has 0 aliphatic heterocycles. The van der Waals surface area contributed by atoms with Gasteiger partial charge in [-0.15, -0.1) is 5.10 Å². The van der Waals surface area contributed by atoms with Crippen LogP contribution in [0.2, 0.25) is 5.02 Å². The Morgan fingerprint density at radius 2 is 1.86 bits per heavy atom. The smallest absolute Gasteiger partial charge is 0.116 e. The number of nitrogens with zero attached hydrogens (tertiary/aromatic N) is 5. The van der Waals surface area contributed by atoms with Gasteiger partial charge in [0.05, 0.1) is 26.0 Å². The van der Waals surface area contributed by atoms with E-state index in [1.54, 1.807) is 17.1 Å². The van der Waals surface area contributed by atoms with Crippen molar-refractivity contribution in [2.75, 3.05) is 6.61 Å². The van der Waals surface area contributed by atoms with Gasteiger partial charge in [-0.2, -0.15) is 0 Å². The molecule has 0 saturated carbocycles. The van der Waals surface area contributed by atoms with E-state index in [4.69, 9.17) is 16.3 Å². The molecule has 3 aromatic rings. The topological polar surface area (TPSA) is 65.7 Å². The van der Waals surface area contributed by atoms with Crippen LogP contribution in [-0.4, -0.2) is 31.6 Å². The first kappa shape index (κ1) is 14.6. The Bertz CT molecular complexity index is 714. The molecule has 6 nitrogen and oxygen atoms in total. The van der Waals surface area contributed by atoms with Gasteiger partial charge in [0.1, 0.15) is 12.0 Å². The van der Waals surface area contributed by atoms with Gasteiger partial charge < -0.3 is 4.74 Å². The van der Waals surface area contributed by atoms with Gasteiger partial charge in [-0.25, -0.2) is 14.6 Å². The first-order valence-electron chi connectivity index (χ1n) is 6.79. The lowest BCUT2D eigenvalue weighted by molar-refractivity contribution is 0.110. The van der Waals surface area contributed by atoms with Gasteiger partial charge in [-0.3, -0.25) is 0 Å². The van der Waals surface area contributed by atoms with Crippen molar-refractivity contribution in [3.8, 4) is 11.3 Å². The van der Waals surface area contributed by atoms with Crippen molar-refractivity contribution in [3.05, 3.63) is 59.8 Å². The van der Waals surface area contributed by atoms with E-state index in [1.165, 1.54) is 6.33 Å².